The first-order valence-electron chi connectivity index (χ1n) is 5.42. The molecule has 5 nitrogen and oxygen atoms in total. The molecule has 1 unspecified atom stereocenters. The van der Waals surface area contributed by atoms with Gasteiger partial charge in [-0.3, -0.25) is 9.69 Å². The van der Waals surface area contributed by atoms with Crippen LogP contribution in [0.15, 0.2) is 22.8 Å². The lowest BCUT2D eigenvalue weighted by Crippen LogP contribution is -2.24. The quantitative estimate of drug-likeness (QED) is 0.771. The van der Waals surface area contributed by atoms with Gasteiger partial charge in [-0.05, 0) is 12.1 Å². The van der Waals surface area contributed by atoms with Crippen molar-refractivity contribution in [2.45, 2.75) is 6.42 Å². The number of aromatic nitrogens is 2. The number of anilines is 1. The van der Waals surface area contributed by atoms with Gasteiger partial charge in [0, 0.05) is 18.9 Å². The zero-order valence-corrected chi connectivity index (χ0v) is 10.2. The van der Waals surface area contributed by atoms with Gasteiger partial charge in [-0.1, -0.05) is 11.3 Å². The van der Waals surface area contributed by atoms with Crippen LogP contribution in [0.3, 0.4) is 0 Å². The van der Waals surface area contributed by atoms with Gasteiger partial charge in [0.05, 0.1) is 6.26 Å². The molecule has 0 saturated carbocycles. The van der Waals surface area contributed by atoms with Gasteiger partial charge in [-0.25, -0.2) is 0 Å². The predicted octanol–water partition coefficient (Wildman–Crippen LogP) is 1.78. The molecule has 2 aromatic rings. The van der Waals surface area contributed by atoms with Crippen molar-refractivity contribution in [3.63, 3.8) is 0 Å². The van der Waals surface area contributed by atoms with E-state index in [1.165, 1.54) is 11.3 Å². The van der Waals surface area contributed by atoms with Gasteiger partial charge in [-0.2, -0.15) is 0 Å². The highest BCUT2D eigenvalue weighted by Crippen LogP contribution is 2.32. The summed E-state index contributed by atoms with van der Waals surface area (Å²) >= 11 is 1.32. The number of rotatable bonds is 2. The summed E-state index contributed by atoms with van der Waals surface area (Å²) in [6.07, 6.45) is 7.30. The monoisotopic (exact) mass is 259 g/mol. The van der Waals surface area contributed by atoms with Crippen molar-refractivity contribution < 1.29 is 9.21 Å². The maximum absolute atomic E-state index is 11.8. The summed E-state index contributed by atoms with van der Waals surface area (Å²) in [5.74, 6) is 3.22. The fraction of sp³-hybridized carbons (Fsp3) is 0.250. The third-order valence-corrected chi connectivity index (χ3v) is 3.70. The Morgan fingerprint density at radius 3 is 3.11 bits per heavy atom. The Hall–Kier alpha value is -2.13. The first kappa shape index (κ1) is 11.0. The van der Waals surface area contributed by atoms with Crippen LogP contribution in [0, 0.1) is 18.3 Å². The normalized spacial score (nSPS) is 19.2. The van der Waals surface area contributed by atoms with Crippen molar-refractivity contribution in [3.05, 3.63) is 18.4 Å². The van der Waals surface area contributed by atoms with E-state index in [1.54, 1.807) is 23.3 Å². The van der Waals surface area contributed by atoms with Gasteiger partial charge >= 0.3 is 0 Å². The number of terminal acetylenes is 1. The minimum absolute atomic E-state index is 0.0000879. The summed E-state index contributed by atoms with van der Waals surface area (Å²) in [7, 11) is 0. The molecule has 6 heteroatoms. The molecule has 0 radical (unpaired) electrons. The van der Waals surface area contributed by atoms with Crippen LogP contribution in [0.25, 0.3) is 10.8 Å². The predicted molar refractivity (Wildman–Crippen MR) is 66.9 cm³/mol. The zero-order chi connectivity index (χ0) is 12.5. The molecule has 2 aromatic heterocycles. The molecule has 1 atom stereocenters. The van der Waals surface area contributed by atoms with Crippen molar-refractivity contribution in [1.29, 1.82) is 0 Å². The number of hydrogen-bond donors (Lipinski definition) is 0. The number of furan rings is 1. The van der Waals surface area contributed by atoms with E-state index in [-0.39, 0.29) is 11.8 Å². The Kier molecular flexibility index (Phi) is 2.61. The summed E-state index contributed by atoms with van der Waals surface area (Å²) in [5.41, 5.74) is 0. The SMILES string of the molecule is C#CC1CC(=O)N(c2nnc(-c3ccco3)s2)C1. The third-order valence-electron chi connectivity index (χ3n) is 2.74. The second kappa shape index (κ2) is 4.27. The molecular formula is C12H9N3O2S. The lowest BCUT2D eigenvalue weighted by atomic mass is 10.1. The lowest BCUT2D eigenvalue weighted by molar-refractivity contribution is -0.117. The average Bonchev–Trinajstić information content (AvgIpc) is 3.08. The summed E-state index contributed by atoms with van der Waals surface area (Å²) in [4.78, 5) is 13.4. The van der Waals surface area contributed by atoms with Crippen LogP contribution in [0.5, 0.6) is 0 Å². The van der Waals surface area contributed by atoms with Gasteiger partial charge in [0.15, 0.2) is 10.8 Å². The van der Waals surface area contributed by atoms with E-state index in [0.717, 1.165) is 0 Å². The smallest absolute Gasteiger partial charge is 0.230 e. The standard InChI is InChI=1S/C12H9N3O2S/c1-2-8-6-10(16)15(7-8)12-14-13-11(18-12)9-4-3-5-17-9/h1,3-5,8H,6-7H2. The molecule has 0 bridgehead atoms. The van der Waals surface area contributed by atoms with Crippen molar-refractivity contribution in [2.75, 3.05) is 11.4 Å². The highest BCUT2D eigenvalue weighted by molar-refractivity contribution is 7.18. The Bertz CT molecular complexity index is 612. The molecule has 3 rings (SSSR count). The molecule has 3 heterocycles. The third kappa shape index (κ3) is 1.79. The minimum Gasteiger partial charge on any atom is -0.462 e. The molecule has 90 valence electrons. The van der Waals surface area contributed by atoms with E-state index < -0.39 is 0 Å². The van der Waals surface area contributed by atoms with E-state index in [4.69, 9.17) is 10.8 Å². The highest BCUT2D eigenvalue weighted by Gasteiger charge is 2.31. The molecule has 0 spiro atoms. The van der Waals surface area contributed by atoms with Crippen molar-refractivity contribution in [2.24, 2.45) is 5.92 Å². The maximum Gasteiger partial charge on any atom is 0.230 e. The molecule has 1 amide bonds. The topological polar surface area (TPSA) is 59.2 Å². The fourth-order valence-electron chi connectivity index (χ4n) is 1.83. The second-order valence-corrected chi connectivity index (χ2v) is 4.90. The first-order chi connectivity index (χ1) is 8.78. The van der Waals surface area contributed by atoms with E-state index in [9.17, 15) is 4.79 Å². The number of carbonyl (C=O) groups is 1. The van der Waals surface area contributed by atoms with Crippen LogP contribution in [-0.2, 0) is 4.79 Å². The molecule has 0 aliphatic carbocycles. The molecule has 1 aliphatic heterocycles. The van der Waals surface area contributed by atoms with Gasteiger partial charge in [0.2, 0.25) is 11.0 Å². The zero-order valence-electron chi connectivity index (χ0n) is 9.37. The van der Waals surface area contributed by atoms with Crippen molar-refractivity contribution in [1.82, 2.24) is 10.2 Å². The van der Waals surface area contributed by atoms with Crippen LogP contribution in [-0.4, -0.2) is 22.6 Å². The van der Waals surface area contributed by atoms with E-state index in [1.807, 2.05) is 0 Å². The van der Waals surface area contributed by atoms with Gasteiger partial charge in [0.25, 0.3) is 0 Å². The van der Waals surface area contributed by atoms with Gasteiger partial charge in [-0.15, -0.1) is 22.5 Å². The summed E-state index contributed by atoms with van der Waals surface area (Å²) in [6, 6.07) is 3.59. The van der Waals surface area contributed by atoms with Gasteiger partial charge in [0.1, 0.15) is 0 Å². The number of nitrogens with zero attached hydrogens (tertiary/aromatic N) is 3. The number of amides is 1. The lowest BCUT2D eigenvalue weighted by Gasteiger charge is -2.09. The van der Waals surface area contributed by atoms with Crippen molar-refractivity contribution >= 4 is 22.4 Å². The van der Waals surface area contributed by atoms with Crippen molar-refractivity contribution in [3.8, 4) is 23.1 Å². The van der Waals surface area contributed by atoms with Crippen LogP contribution >= 0.6 is 11.3 Å². The van der Waals surface area contributed by atoms with Crippen LogP contribution in [0.4, 0.5) is 5.13 Å². The number of carbonyl (C=O) groups excluding carboxylic acids is 1. The molecule has 1 saturated heterocycles. The minimum atomic E-state index is -0.0338. The highest BCUT2D eigenvalue weighted by atomic mass is 32.1. The first-order valence-corrected chi connectivity index (χ1v) is 6.23. The van der Waals surface area contributed by atoms with Crippen LogP contribution in [0.2, 0.25) is 0 Å². The van der Waals surface area contributed by atoms with E-state index >= 15 is 0 Å². The number of hydrogen-bond acceptors (Lipinski definition) is 5. The molecule has 18 heavy (non-hydrogen) atoms. The maximum atomic E-state index is 11.8. The molecule has 0 N–H and O–H groups in total. The Balaban J connectivity index is 1.86. The Morgan fingerprint density at radius 1 is 1.56 bits per heavy atom. The average molecular weight is 259 g/mol. The summed E-state index contributed by atoms with van der Waals surface area (Å²) in [6.45, 7) is 0.516. The molecule has 1 fully saturated rings. The van der Waals surface area contributed by atoms with E-state index in [0.29, 0.717) is 28.9 Å². The molecular weight excluding hydrogens is 250 g/mol. The second-order valence-electron chi connectivity index (χ2n) is 3.94. The van der Waals surface area contributed by atoms with E-state index in [2.05, 4.69) is 16.1 Å². The van der Waals surface area contributed by atoms with Crippen LogP contribution in [0.1, 0.15) is 6.42 Å². The Morgan fingerprint density at radius 2 is 2.44 bits per heavy atom. The largest absolute Gasteiger partial charge is 0.462 e. The fourth-order valence-corrected chi connectivity index (χ4v) is 2.67. The molecule has 1 aliphatic rings. The molecule has 0 aromatic carbocycles. The summed E-state index contributed by atoms with van der Waals surface area (Å²) < 4.78 is 5.24. The van der Waals surface area contributed by atoms with Gasteiger partial charge < -0.3 is 4.42 Å². The van der Waals surface area contributed by atoms with Crippen LogP contribution < -0.4 is 4.90 Å². The Labute approximate surface area is 107 Å². The summed E-state index contributed by atoms with van der Waals surface area (Å²) in [5, 5.41) is 9.27.